The van der Waals surface area contributed by atoms with Gasteiger partial charge in [-0.15, -0.1) is 0 Å². The zero-order valence-corrected chi connectivity index (χ0v) is 59.1. The van der Waals surface area contributed by atoms with Gasteiger partial charge >= 0.3 is 11.9 Å². The van der Waals surface area contributed by atoms with Crippen molar-refractivity contribution < 1.29 is 24.4 Å². The fourth-order valence-electron chi connectivity index (χ4n) is 15.8. The first-order valence-corrected chi connectivity index (χ1v) is 38.5. The number of allylic oxidation sites excluding steroid dienone is 5. The minimum Gasteiger partial charge on any atom is -0.481 e. The molecular weight excluding hydrogens is 1110 g/mol. The summed E-state index contributed by atoms with van der Waals surface area (Å²) in [6.07, 6.45) is 61.0. The van der Waals surface area contributed by atoms with E-state index in [1.54, 1.807) is 0 Å². The molecule has 0 aromatic heterocycles. The number of carboxylic acid groups (broad SMARTS) is 2. The third-order valence-corrected chi connectivity index (χ3v) is 21.5. The molecular formula is C82H132ClN2O4+. The van der Waals surface area contributed by atoms with Crippen molar-refractivity contribution in [2.45, 2.75) is 367 Å². The molecule has 0 amide bonds. The first-order valence-electron chi connectivity index (χ1n) is 38.1. The van der Waals surface area contributed by atoms with E-state index in [9.17, 15) is 19.8 Å². The summed E-state index contributed by atoms with van der Waals surface area (Å²) in [6, 6.07) is 18.0. The maximum Gasteiger partial charge on any atom is 0.309 e. The molecule has 500 valence electrons. The third kappa shape index (κ3) is 24.9. The third-order valence-electron chi connectivity index (χ3n) is 21.1. The number of carbonyl (C=O) groups is 2. The van der Waals surface area contributed by atoms with Crippen molar-refractivity contribution >= 4 is 40.6 Å². The topological polar surface area (TPSA) is 80.9 Å². The lowest BCUT2D eigenvalue weighted by molar-refractivity contribution is -0.437. The highest BCUT2D eigenvalue weighted by Gasteiger charge is 2.54. The minimum atomic E-state index is -0.773. The second-order valence-corrected chi connectivity index (χ2v) is 28.5. The molecule has 0 fully saturated rings. The number of para-hydroxylation sites is 2. The quantitative estimate of drug-likeness (QED) is 0.0392. The van der Waals surface area contributed by atoms with Crippen molar-refractivity contribution in [3.8, 4) is 0 Å². The van der Waals surface area contributed by atoms with Gasteiger partial charge in [0.05, 0.1) is 22.6 Å². The lowest BCUT2D eigenvalue weighted by atomic mass is 9.66. The summed E-state index contributed by atoms with van der Waals surface area (Å²) in [5, 5.41) is 21.6. The Balaban J connectivity index is 1.62. The molecule has 7 heteroatoms. The molecule has 2 aromatic rings. The molecule has 1 aliphatic carbocycles. The van der Waals surface area contributed by atoms with Crippen molar-refractivity contribution in [1.29, 1.82) is 0 Å². The highest BCUT2D eigenvalue weighted by Crippen LogP contribution is 2.55. The molecule has 5 rings (SSSR count). The summed E-state index contributed by atoms with van der Waals surface area (Å²) in [7, 11) is 0. The van der Waals surface area contributed by atoms with E-state index >= 15 is 0 Å². The van der Waals surface area contributed by atoms with Gasteiger partial charge in [-0.05, 0) is 80.2 Å². The molecule has 1 unspecified atom stereocenters. The highest BCUT2D eigenvalue weighted by molar-refractivity contribution is 6.35. The molecule has 6 nitrogen and oxygen atoms in total. The summed E-state index contributed by atoms with van der Waals surface area (Å²) in [4.78, 5) is 27.6. The molecule has 89 heavy (non-hydrogen) atoms. The van der Waals surface area contributed by atoms with E-state index in [1.165, 1.54) is 265 Å². The van der Waals surface area contributed by atoms with E-state index in [0.29, 0.717) is 19.0 Å². The van der Waals surface area contributed by atoms with Gasteiger partial charge in [0.25, 0.3) is 0 Å². The summed E-state index contributed by atoms with van der Waals surface area (Å²) >= 11 is 8.24. The van der Waals surface area contributed by atoms with Crippen LogP contribution in [0.1, 0.15) is 367 Å². The minimum absolute atomic E-state index is 0.0572. The molecule has 2 aromatic carbocycles. The number of unbranched alkanes of at least 4 members (excludes halogenated alkanes) is 36. The SMILES string of the molecule is CCCCCCCCCCCCC1(CCCCCCCCCCCC)C(=C=CC(C)=C2CC(CC)CC(C3=[N+](CCC(=O)O)c4ccccc4C3(CCCCCCCCCCCC)CCCCCCCCCCCC)=C2Cl)N(CCC(=O)O)c2ccccc21. The fraction of sp³-hybridized carbons (Fsp3) is 0.732. The molecule has 2 N–H and O–H groups in total. The van der Waals surface area contributed by atoms with Gasteiger partial charge in [0.1, 0.15) is 6.42 Å². The number of carboxylic acids is 2. The van der Waals surface area contributed by atoms with Crippen LogP contribution in [0.4, 0.5) is 11.4 Å². The van der Waals surface area contributed by atoms with Gasteiger partial charge in [-0.3, -0.25) is 9.59 Å². The van der Waals surface area contributed by atoms with Crippen LogP contribution in [0.15, 0.2) is 87.8 Å². The first kappa shape index (κ1) is 75.9. The van der Waals surface area contributed by atoms with Crippen LogP contribution in [0.3, 0.4) is 0 Å². The van der Waals surface area contributed by atoms with Crippen LogP contribution < -0.4 is 4.90 Å². The predicted octanol–water partition coefficient (Wildman–Crippen LogP) is 25.6. The molecule has 0 saturated heterocycles. The lowest BCUT2D eigenvalue weighted by Gasteiger charge is -2.34. The number of hydrogen-bond donors (Lipinski definition) is 2. The van der Waals surface area contributed by atoms with E-state index < -0.39 is 11.9 Å². The van der Waals surface area contributed by atoms with Crippen molar-refractivity contribution in [3.05, 3.63) is 98.9 Å². The summed E-state index contributed by atoms with van der Waals surface area (Å²) < 4.78 is 2.45. The number of aliphatic carboxylic acids is 2. The van der Waals surface area contributed by atoms with E-state index in [2.05, 4.69) is 111 Å². The van der Waals surface area contributed by atoms with Crippen molar-refractivity contribution in [3.63, 3.8) is 0 Å². The number of rotatable bonds is 53. The monoisotopic (exact) mass is 1240 g/mol. The standard InChI is InChI=1S/C82H131ClN2O4/c1-7-12-16-20-24-28-32-36-40-48-60-81(61-49-41-37-33-29-25-21-17-13-8-2)72-52-44-46-54-74(72)84(64-58-77(86)87)76(81)57-56-68(6)70-66-69(11-5)67-71(79(70)83)80-82(62-50-42-38-34-30-26-22-18-14-9-3,63-51-43-39-35-31-27-23-19-15-10-4)73-53-45-47-55-75(73)85(80)65-59-78(88)89/h44-47,52-56,69H,7-43,48-51,58-67H2,1-6H3,(H-,86,87,88,89)/p+1. The molecule has 1 atom stereocenters. The lowest BCUT2D eigenvalue weighted by Crippen LogP contribution is -2.39. The number of benzene rings is 2. The Bertz CT molecular complexity index is 2440. The van der Waals surface area contributed by atoms with Gasteiger partial charge in [-0.2, -0.15) is 4.58 Å². The van der Waals surface area contributed by atoms with Crippen LogP contribution in [0, 0.1) is 5.92 Å². The van der Waals surface area contributed by atoms with Gasteiger partial charge in [0, 0.05) is 34.9 Å². The number of anilines is 1. The Hall–Kier alpha value is -3.86. The maximum absolute atomic E-state index is 12.7. The Morgan fingerprint density at radius 3 is 1.31 bits per heavy atom. The van der Waals surface area contributed by atoms with Gasteiger partial charge in [-0.1, -0.05) is 352 Å². The van der Waals surface area contributed by atoms with Crippen molar-refractivity contribution in [2.75, 3.05) is 18.0 Å². The number of nitrogens with zero attached hydrogens (tertiary/aromatic N) is 2. The molecule has 0 saturated carbocycles. The van der Waals surface area contributed by atoms with Gasteiger partial charge < -0.3 is 15.1 Å². The molecule has 2 aliphatic heterocycles. The first-order chi connectivity index (χ1) is 43.5. The Morgan fingerprint density at radius 1 is 0.517 bits per heavy atom. The molecule has 3 aliphatic rings. The largest absolute Gasteiger partial charge is 0.481 e. The smallest absolute Gasteiger partial charge is 0.309 e. The Morgan fingerprint density at radius 2 is 0.899 bits per heavy atom. The second kappa shape index (κ2) is 44.6. The summed E-state index contributed by atoms with van der Waals surface area (Å²) in [6.45, 7) is 14.6. The highest BCUT2D eigenvalue weighted by atomic mass is 35.5. The van der Waals surface area contributed by atoms with Gasteiger partial charge in [0.2, 0.25) is 5.69 Å². The zero-order valence-electron chi connectivity index (χ0n) is 58.3. The van der Waals surface area contributed by atoms with E-state index in [1.807, 2.05) is 0 Å². The van der Waals surface area contributed by atoms with Crippen LogP contribution in [0.2, 0.25) is 0 Å². The number of halogens is 1. The number of hydrogen-bond acceptors (Lipinski definition) is 3. The molecule has 0 spiro atoms. The normalized spacial score (nSPS) is 16.6. The van der Waals surface area contributed by atoms with Crippen molar-refractivity contribution in [2.24, 2.45) is 5.92 Å². The van der Waals surface area contributed by atoms with E-state index in [4.69, 9.17) is 11.6 Å². The molecule has 0 bridgehead atoms. The van der Waals surface area contributed by atoms with Crippen LogP contribution in [-0.2, 0) is 20.4 Å². The van der Waals surface area contributed by atoms with Gasteiger partial charge in [0.15, 0.2) is 12.3 Å². The second-order valence-electron chi connectivity index (χ2n) is 28.1. The van der Waals surface area contributed by atoms with E-state index in [-0.39, 0.29) is 23.7 Å². The average molecular weight is 1250 g/mol. The van der Waals surface area contributed by atoms with Crippen molar-refractivity contribution in [1.82, 2.24) is 0 Å². The Labute approximate surface area is 551 Å². The summed E-state index contributed by atoms with van der Waals surface area (Å²) in [5.74, 6) is -1.17. The van der Waals surface area contributed by atoms with E-state index in [0.717, 1.165) is 92.6 Å². The fourth-order valence-corrected chi connectivity index (χ4v) is 16.2. The Kier molecular flexibility index (Phi) is 38.0. The van der Waals surface area contributed by atoms with Crippen LogP contribution in [0.25, 0.3) is 0 Å². The van der Waals surface area contributed by atoms with Crippen LogP contribution in [0.5, 0.6) is 0 Å². The van der Waals surface area contributed by atoms with Crippen LogP contribution >= 0.6 is 11.6 Å². The van der Waals surface area contributed by atoms with Gasteiger partial charge in [-0.25, -0.2) is 0 Å². The molecule has 0 radical (unpaired) electrons. The number of fused-ring (bicyclic) bond motifs is 2. The average Bonchev–Trinajstić information content (AvgIpc) is 1.67. The summed E-state index contributed by atoms with van der Waals surface area (Å²) in [5.41, 5.74) is 14.6. The van der Waals surface area contributed by atoms with Crippen LogP contribution in [-0.4, -0.2) is 45.5 Å². The predicted molar refractivity (Wildman–Crippen MR) is 384 cm³/mol. The zero-order chi connectivity index (χ0) is 63.8. The maximum atomic E-state index is 12.7. The molecule has 2 heterocycles.